The van der Waals surface area contributed by atoms with Gasteiger partial charge in [-0.1, -0.05) is 74.5 Å². The van der Waals surface area contributed by atoms with Crippen LogP contribution in [0.3, 0.4) is 0 Å². The van der Waals surface area contributed by atoms with Crippen LogP contribution >= 0.6 is 11.8 Å². The van der Waals surface area contributed by atoms with Gasteiger partial charge in [-0.15, -0.1) is 11.8 Å². The smallest absolute Gasteiger partial charge is 0.251 e. The van der Waals surface area contributed by atoms with Crippen LogP contribution < -0.4 is 10.1 Å². The fraction of sp³-hybridized carbons (Fsp3) is 0.286. The molecule has 3 aromatic carbocycles. The Morgan fingerprint density at radius 3 is 2.47 bits per heavy atom. The molecule has 1 fully saturated rings. The normalized spacial score (nSPS) is 15.6. The number of benzene rings is 3. The maximum atomic E-state index is 12.6. The van der Waals surface area contributed by atoms with Crippen LogP contribution in [0.1, 0.15) is 52.2 Å². The second-order valence-corrected chi connectivity index (χ2v) is 9.66. The van der Waals surface area contributed by atoms with Gasteiger partial charge < -0.3 is 15.0 Å². The summed E-state index contributed by atoms with van der Waals surface area (Å²) in [6, 6.07) is 25.5. The highest BCUT2D eigenvalue weighted by Gasteiger charge is 2.32. The summed E-state index contributed by atoms with van der Waals surface area (Å²) >= 11 is 1.62. The molecule has 1 saturated heterocycles. The van der Waals surface area contributed by atoms with Gasteiger partial charge in [0.05, 0.1) is 12.3 Å². The van der Waals surface area contributed by atoms with Crippen LogP contribution in [-0.2, 0) is 11.3 Å². The first-order valence-electron chi connectivity index (χ1n) is 11.6. The first-order valence-corrected chi connectivity index (χ1v) is 12.6. The summed E-state index contributed by atoms with van der Waals surface area (Å²) in [4.78, 5) is 27.0. The Morgan fingerprint density at radius 1 is 1.03 bits per heavy atom. The van der Waals surface area contributed by atoms with E-state index >= 15 is 0 Å². The molecule has 1 heterocycles. The van der Waals surface area contributed by atoms with Crippen LogP contribution in [0.2, 0.25) is 0 Å². The molecule has 1 aliphatic rings. The molecule has 176 valence electrons. The molecule has 0 bridgehead atoms. The second-order valence-electron chi connectivity index (χ2n) is 8.59. The quantitative estimate of drug-likeness (QED) is 0.422. The number of rotatable bonds is 9. The van der Waals surface area contributed by atoms with Crippen molar-refractivity contribution in [1.82, 2.24) is 10.2 Å². The van der Waals surface area contributed by atoms with Crippen LogP contribution in [0.25, 0.3) is 0 Å². The van der Waals surface area contributed by atoms with E-state index in [1.807, 2.05) is 77.7 Å². The van der Waals surface area contributed by atoms with E-state index in [9.17, 15) is 9.59 Å². The van der Waals surface area contributed by atoms with Gasteiger partial charge in [-0.3, -0.25) is 9.59 Å². The maximum Gasteiger partial charge on any atom is 0.251 e. The van der Waals surface area contributed by atoms with Gasteiger partial charge in [-0.25, -0.2) is 0 Å². The SMILES string of the molecule is CC(C)c1ccccc1OCCNC(=O)c1ccc([C@@H]2SCC(=O)N2Cc2ccccc2)cc1. The lowest BCUT2D eigenvalue weighted by Crippen LogP contribution is -2.29. The zero-order valence-corrected chi connectivity index (χ0v) is 20.4. The molecule has 1 N–H and O–H groups in total. The van der Waals surface area contributed by atoms with Crippen LogP contribution in [0, 0.1) is 0 Å². The molecule has 0 unspecified atom stereocenters. The maximum absolute atomic E-state index is 12.6. The fourth-order valence-electron chi connectivity index (χ4n) is 4.00. The third kappa shape index (κ3) is 5.81. The van der Waals surface area contributed by atoms with Gasteiger partial charge >= 0.3 is 0 Å². The van der Waals surface area contributed by atoms with E-state index in [-0.39, 0.29) is 17.2 Å². The highest BCUT2D eigenvalue weighted by atomic mass is 32.2. The summed E-state index contributed by atoms with van der Waals surface area (Å²) < 4.78 is 5.89. The Balaban J connectivity index is 1.31. The van der Waals surface area contributed by atoms with Gasteiger partial charge in [-0.05, 0) is 40.8 Å². The van der Waals surface area contributed by atoms with E-state index in [1.165, 1.54) is 0 Å². The Kier molecular flexibility index (Phi) is 7.91. The highest BCUT2D eigenvalue weighted by molar-refractivity contribution is 8.00. The standard InChI is InChI=1S/C28H30N2O3S/c1-20(2)24-10-6-7-11-25(24)33-17-16-29-27(32)22-12-14-23(15-13-22)28-30(26(31)19-34-28)18-21-8-4-3-5-9-21/h3-15,20,28H,16-19H2,1-2H3,(H,29,32)/t28-/m0/s1. The Morgan fingerprint density at radius 2 is 1.74 bits per heavy atom. The van der Waals surface area contributed by atoms with E-state index in [0.29, 0.717) is 36.9 Å². The molecular weight excluding hydrogens is 444 g/mol. The van der Waals surface area contributed by atoms with Crippen LogP contribution in [0.15, 0.2) is 78.9 Å². The lowest BCUT2D eigenvalue weighted by Gasteiger charge is -2.24. The number of ether oxygens (including phenoxy) is 1. The first-order chi connectivity index (χ1) is 16.5. The van der Waals surface area contributed by atoms with Crippen molar-refractivity contribution < 1.29 is 14.3 Å². The van der Waals surface area contributed by atoms with E-state index < -0.39 is 0 Å². The number of carbonyl (C=O) groups is 2. The van der Waals surface area contributed by atoms with Crippen molar-refractivity contribution in [1.29, 1.82) is 0 Å². The number of amides is 2. The molecule has 0 aliphatic carbocycles. The second kappa shape index (κ2) is 11.3. The predicted octanol–water partition coefficient (Wildman–Crippen LogP) is 5.39. The molecule has 2 amide bonds. The summed E-state index contributed by atoms with van der Waals surface area (Å²) in [6.45, 7) is 5.68. The zero-order valence-electron chi connectivity index (χ0n) is 19.6. The van der Waals surface area contributed by atoms with Crippen LogP contribution in [0.5, 0.6) is 5.75 Å². The molecule has 34 heavy (non-hydrogen) atoms. The molecule has 0 saturated carbocycles. The van der Waals surface area contributed by atoms with Gasteiger partial charge in [0.25, 0.3) is 5.91 Å². The van der Waals surface area contributed by atoms with Crippen molar-refractivity contribution in [2.75, 3.05) is 18.9 Å². The third-order valence-electron chi connectivity index (χ3n) is 5.81. The van der Waals surface area contributed by atoms with E-state index in [1.54, 1.807) is 11.8 Å². The van der Waals surface area contributed by atoms with Gasteiger partial charge in [0.1, 0.15) is 17.7 Å². The topological polar surface area (TPSA) is 58.6 Å². The molecule has 0 aromatic heterocycles. The van der Waals surface area contributed by atoms with Gasteiger partial charge in [0.15, 0.2) is 0 Å². The van der Waals surface area contributed by atoms with Crippen LogP contribution in [-0.4, -0.2) is 35.6 Å². The van der Waals surface area contributed by atoms with Gasteiger partial charge in [0, 0.05) is 12.1 Å². The van der Waals surface area contributed by atoms with Gasteiger partial charge in [-0.2, -0.15) is 0 Å². The molecule has 1 aliphatic heterocycles. The fourth-order valence-corrected chi connectivity index (χ4v) is 5.18. The van der Waals surface area contributed by atoms with E-state index in [0.717, 1.165) is 22.4 Å². The minimum Gasteiger partial charge on any atom is -0.491 e. The summed E-state index contributed by atoms with van der Waals surface area (Å²) in [7, 11) is 0. The monoisotopic (exact) mass is 474 g/mol. The predicted molar refractivity (Wildman–Crippen MR) is 137 cm³/mol. The van der Waals surface area contributed by atoms with Crippen molar-refractivity contribution >= 4 is 23.6 Å². The molecule has 6 heteroatoms. The number of hydrogen-bond acceptors (Lipinski definition) is 4. The summed E-state index contributed by atoms with van der Waals surface area (Å²) in [6.07, 6.45) is 0. The van der Waals surface area contributed by atoms with Crippen molar-refractivity contribution in [3.8, 4) is 5.75 Å². The van der Waals surface area contributed by atoms with Crippen molar-refractivity contribution in [3.63, 3.8) is 0 Å². The summed E-state index contributed by atoms with van der Waals surface area (Å²) in [5.74, 6) is 1.71. The van der Waals surface area contributed by atoms with Crippen molar-refractivity contribution in [2.45, 2.75) is 31.7 Å². The molecule has 3 aromatic rings. The molecule has 5 nitrogen and oxygen atoms in total. The molecule has 0 spiro atoms. The Labute approximate surface area is 205 Å². The number of carbonyl (C=O) groups excluding carboxylic acids is 2. The minimum absolute atomic E-state index is 0.0424. The first kappa shape index (κ1) is 23.9. The summed E-state index contributed by atoms with van der Waals surface area (Å²) in [5.41, 5.74) is 3.89. The molecule has 0 radical (unpaired) electrons. The molecular formula is C28H30N2O3S. The largest absolute Gasteiger partial charge is 0.491 e. The zero-order chi connectivity index (χ0) is 23.9. The Hall–Kier alpha value is -3.25. The van der Waals surface area contributed by atoms with E-state index in [2.05, 4.69) is 25.2 Å². The number of hydrogen-bond donors (Lipinski definition) is 1. The van der Waals surface area contributed by atoms with E-state index in [4.69, 9.17) is 4.74 Å². The van der Waals surface area contributed by atoms with Crippen molar-refractivity contribution in [3.05, 3.63) is 101 Å². The third-order valence-corrected chi connectivity index (χ3v) is 7.06. The number of thioether (sulfide) groups is 1. The number of nitrogens with one attached hydrogen (secondary N) is 1. The summed E-state index contributed by atoms with van der Waals surface area (Å²) in [5, 5.41) is 2.88. The molecule has 4 rings (SSSR count). The number of para-hydroxylation sites is 1. The molecule has 1 atom stereocenters. The lowest BCUT2D eigenvalue weighted by atomic mass is 10.0. The highest BCUT2D eigenvalue weighted by Crippen LogP contribution is 2.39. The van der Waals surface area contributed by atoms with Crippen LogP contribution in [0.4, 0.5) is 0 Å². The lowest BCUT2D eigenvalue weighted by molar-refractivity contribution is -0.128. The Bertz CT molecular complexity index is 1120. The van der Waals surface area contributed by atoms with Crippen molar-refractivity contribution in [2.24, 2.45) is 0 Å². The minimum atomic E-state index is -0.136. The van der Waals surface area contributed by atoms with Gasteiger partial charge in [0.2, 0.25) is 5.91 Å². The number of nitrogens with zero attached hydrogens (tertiary/aromatic N) is 1. The average Bonchev–Trinajstić information content (AvgIpc) is 3.22. The average molecular weight is 475 g/mol.